The zero-order valence-electron chi connectivity index (χ0n) is 6.44. The molecule has 1 heterocycles. The van der Waals surface area contributed by atoms with E-state index in [1.54, 1.807) is 12.1 Å². The van der Waals surface area contributed by atoms with Crippen LogP contribution in [0.2, 0.25) is 0 Å². The molecule has 0 spiro atoms. The predicted molar refractivity (Wildman–Crippen MR) is 49.6 cm³/mol. The number of nitrogens with one attached hydrogen (secondary N) is 1. The third-order valence-electron chi connectivity index (χ3n) is 1.65. The second kappa shape index (κ2) is 3.36. The van der Waals surface area contributed by atoms with Crippen molar-refractivity contribution in [2.24, 2.45) is 0 Å². The molecule has 0 saturated heterocycles. The van der Waals surface area contributed by atoms with Crippen LogP contribution in [-0.4, -0.2) is 40.9 Å². The Morgan fingerprint density at radius 3 is 2.38 bits per heavy atom. The number of rotatable bonds is 0. The molecule has 0 bridgehead atoms. The van der Waals surface area contributed by atoms with Gasteiger partial charge in [0.2, 0.25) is 0 Å². The van der Waals surface area contributed by atoms with Gasteiger partial charge in [0.15, 0.2) is 0 Å². The van der Waals surface area contributed by atoms with E-state index in [4.69, 9.17) is 0 Å². The fraction of sp³-hybridized carbons (Fsp3) is 0. The summed E-state index contributed by atoms with van der Waals surface area (Å²) in [5.41, 5.74) is 0.220. The second-order valence-corrected chi connectivity index (χ2v) is 4.08. The van der Waals surface area contributed by atoms with E-state index in [-0.39, 0.29) is 37.0 Å². The van der Waals surface area contributed by atoms with Crippen molar-refractivity contribution in [3.8, 4) is 0 Å². The molecule has 0 fully saturated rings. The van der Waals surface area contributed by atoms with E-state index in [9.17, 15) is 13.2 Å². The number of fused-ring (bicyclic) bond motifs is 1. The number of benzene rings is 1. The van der Waals surface area contributed by atoms with Gasteiger partial charge in [0, 0.05) is 0 Å². The first-order valence-electron chi connectivity index (χ1n) is 3.27. The summed E-state index contributed by atoms with van der Waals surface area (Å²) in [5, 5.41) is 0. The summed E-state index contributed by atoms with van der Waals surface area (Å²) in [7, 11) is -3.55. The third-order valence-corrected chi connectivity index (χ3v) is 3.04. The Balaban J connectivity index is 0.000000845. The van der Waals surface area contributed by atoms with Gasteiger partial charge in [-0.15, -0.1) is 0 Å². The Kier molecular flexibility index (Phi) is 2.74. The summed E-state index contributed by atoms with van der Waals surface area (Å²) >= 11 is 0. The van der Waals surface area contributed by atoms with E-state index < -0.39 is 15.9 Å². The molecule has 0 aromatic heterocycles. The predicted octanol–water partition coefficient (Wildman–Crippen LogP) is -0.798. The van der Waals surface area contributed by atoms with Crippen LogP contribution in [0.3, 0.4) is 0 Å². The molecule has 0 aliphatic carbocycles. The van der Waals surface area contributed by atoms with E-state index in [0.717, 1.165) is 0 Å². The molecule has 1 aliphatic heterocycles. The van der Waals surface area contributed by atoms with Crippen LogP contribution in [0.5, 0.6) is 0 Å². The fourth-order valence-corrected chi connectivity index (χ4v) is 2.29. The number of amides is 1. The van der Waals surface area contributed by atoms with Gasteiger partial charge in [0.25, 0.3) is 15.9 Å². The van der Waals surface area contributed by atoms with Gasteiger partial charge in [-0.1, -0.05) is 12.1 Å². The Morgan fingerprint density at radius 2 is 1.77 bits per heavy atom. The van der Waals surface area contributed by atoms with E-state index >= 15 is 0 Å². The van der Waals surface area contributed by atoms with Crippen LogP contribution in [0.1, 0.15) is 10.4 Å². The van der Waals surface area contributed by atoms with Gasteiger partial charge in [-0.05, 0) is 12.1 Å². The second-order valence-electron chi connectivity index (χ2n) is 2.43. The maximum absolute atomic E-state index is 11.1. The fourth-order valence-electron chi connectivity index (χ4n) is 1.12. The number of sulfonamides is 1. The zero-order chi connectivity index (χ0) is 8.77. The molecular formula is C7H7NO3PoS. The first-order chi connectivity index (χ1) is 5.61. The minimum atomic E-state index is -3.55. The van der Waals surface area contributed by atoms with Crippen molar-refractivity contribution >= 4 is 42.5 Å². The number of carbonyl (C=O) groups excluding carboxylic acids is 1. The SMILES string of the molecule is O=C1NS(=O)(=O)c2ccccc21.[PoH2]. The van der Waals surface area contributed by atoms with Gasteiger partial charge in [-0.3, -0.25) is 4.79 Å². The van der Waals surface area contributed by atoms with Gasteiger partial charge in [0.05, 0.1) is 5.56 Å². The molecule has 1 aromatic rings. The first-order valence-corrected chi connectivity index (χ1v) is 4.76. The third kappa shape index (κ3) is 1.61. The average molecular weight is 394 g/mol. The van der Waals surface area contributed by atoms with Crippen molar-refractivity contribution in [1.82, 2.24) is 4.72 Å². The van der Waals surface area contributed by atoms with Gasteiger partial charge >= 0.3 is 26.6 Å². The molecule has 0 atom stereocenters. The number of carbonyl (C=O) groups is 1. The zero-order valence-corrected chi connectivity index (χ0v) is 11.1. The Morgan fingerprint density at radius 1 is 1.15 bits per heavy atom. The summed E-state index contributed by atoms with van der Waals surface area (Å²) in [6.07, 6.45) is 0. The van der Waals surface area contributed by atoms with Crippen molar-refractivity contribution in [3.63, 3.8) is 0 Å². The summed E-state index contributed by atoms with van der Waals surface area (Å²) < 4.78 is 24.2. The molecule has 0 saturated carbocycles. The van der Waals surface area contributed by atoms with Crippen LogP contribution in [-0.2, 0) is 10.0 Å². The van der Waals surface area contributed by atoms with E-state index in [0.29, 0.717) is 0 Å². The minimum absolute atomic E-state index is 0. The average Bonchev–Trinajstić information content (AvgIpc) is 2.25. The molecule has 1 aromatic carbocycles. The molecular weight excluding hydrogens is 387 g/mol. The number of hydrogen-bond acceptors (Lipinski definition) is 3. The number of hydrogen-bond donors (Lipinski definition) is 1. The molecule has 4 nitrogen and oxygen atoms in total. The molecule has 2 rings (SSSR count). The Bertz CT molecular complexity index is 455. The van der Waals surface area contributed by atoms with E-state index in [1.165, 1.54) is 12.1 Å². The molecule has 6 heteroatoms. The van der Waals surface area contributed by atoms with Crippen LogP contribution in [0.25, 0.3) is 0 Å². The topological polar surface area (TPSA) is 63.2 Å². The van der Waals surface area contributed by atoms with Crippen LogP contribution in [0, 0.1) is 0 Å². The maximum atomic E-state index is 11.1. The Hall–Kier alpha value is -0.464. The summed E-state index contributed by atoms with van der Waals surface area (Å²) in [6, 6.07) is 6.09. The molecule has 1 amide bonds. The van der Waals surface area contributed by atoms with Gasteiger partial charge in [-0.2, -0.15) is 0 Å². The Labute approximate surface area is 94.9 Å². The van der Waals surface area contributed by atoms with Gasteiger partial charge < -0.3 is 0 Å². The van der Waals surface area contributed by atoms with Gasteiger partial charge in [-0.25, -0.2) is 13.1 Å². The van der Waals surface area contributed by atoms with Crippen molar-refractivity contribution in [2.75, 3.05) is 0 Å². The van der Waals surface area contributed by atoms with Crippen LogP contribution >= 0.6 is 0 Å². The van der Waals surface area contributed by atoms with E-state index in [1.807, 2.05) is 4.72 Å². The molecule has 13 heavy (non-hydrogen) atoms. The van der Waals surface area contributed by atoms with Crippen LogP contribution in [0.15, 0.2) is 29.2 Å². The standard InChI is InChI=1S/C7H5NO3S.Po.2H/c9-7-5-3-1-2-4-6(5)12(10,11)8-7;;;/h1-4H,(H,8,9);;;. The monoisotopic (exact) mass is 394 g/mol. The molecule has 0 unspecified atom stereocenters. The molecule has 1 aliphatic rings. The molecule has 0 radical (unpaired) electrons. The summed E-state index contributed by atoms with van der Waals surface area (Å²) in [6.45, 7) is 0. The van der Waals surface area contributed by atoms with Gasteiger partial charge in [0.1, 0.15) is 4.90 Å². The van der Waals surface area contributed by atoms with Crippen molar-refractivity contribution in [2.45, 2.75) is 4.90 Å². The first kappa shape index (κ1) is 10.6. The summed E-state index contributed by atoms with van der Waals surface area (Å²) in [4.78, 5) is 11.1. The van der Waals surface area contributed by atoms with Crippen molar-refractivity contribution in [1.29, 1.82) is 0 Å². The van der Waals surface area contributed by atoms with Crippen LogP contribution < -0.4 is 4.72 Å². The normalized spacial score (nSPS) is 17.1. The van der Waals surface area contributed by atoms with Crippen molar-refractivity contribution in [3.05, 3.63) is 29.8 Å². The van der Waals surface area contributed by atoms with Crippen LogP contribution in [0.4, 0.5) is 0 Å². The van der Waals surface area contributed by atoms with E-state index in [2.05, 4.69) is 0 Å². The van der Waals surface area contributed by atoms with Crippen molar-refractivity contribution < 1.29 is 13.2 Å². The molecule has 1 N–H and O–H groups in total. The summed E-state index contributed by atoms with van der Waals surface area (Å²) in [5.74, 6) is -0.550. The molecule has 70 valence electrons. The quantitative estimate of drug-likeness (QED) is 0.627.